The lowest BCUT2D eigenvalue weighted by atomic mass is 10.2. The summed E-state index contributed by atoms with van der Waals surface area (Å²) in [4.78, 5) is 23.5. The minimum atomic E-state index is -1.00. The van der Waals surface area contributed by atoms with Gasteiger partial charge in [-0.2, -0.15) is 11.8 Å². The van der Waals surface area contributed by atoms with Crippen LogP contribution in [0.1, 0.15) is 11.3 Å². The van der Waals surface area contributed by atoms with Crippen LogP contribution in [0.2, 0.25) is 0 Å². The molecule has 0 fully saturated rings. The Morgan fingerprint density at radius 1 is 1.58 bits per heavy atom. The fourth-order valence-electron chi connectivity index (χ4n) is 1.29. The van der Waals surface area contributed by atoms with E-state index in [0.29, 0.717) is 12.2 Å². The van der Waals surface area contributed by atoms with Gasteiger partial charge in [-0.15, -0.1) is 11.3 Å². The zero-order valence-corrected chi connectivity index (χ0v) is 13.5. The summed E-state index contributed by atoms with van der Waals surface area (Å²) in [6, 6.07) is 2.93. The molecule has 0 aromatic carbocycles. The van der Waals surface area contributed by atoms with E-state index in [2.05, 4.69) is 21.2 Å². The van der Waals surface area contributed by atoms with Gasteiger partial charge in [-0.1, -0.05) is 0 Å². The molecule has 2 N–H and O–H groups in total. The van der Waals surface area contributed by atoms with Gasteiger partial charge in [-0.3, -0.25) is 4.79 Å². The molecule has 19 heavy (non-hydrogen) atoms. The number of halogens is 1. The summed E-state index contributed by atoms with van der Waals surface area (Å²) in [6.45, 7) is 0. The number of thiophene rings is 1. The Balaban J connectivity index is 2.52. The van der Waals surface area contributed by atoms with Gasteiger partial charge in [0.05, 0.1) is 3.79 Å². The van der Waals surface area contributed by atoms with Crippen molar-refractivity contribution in [1.29, 1.82) is 0 Å². The first kappa shape index (κ1) is 16.3. The molecule has 4 nitrogen and oxygen atoms in total. The summed E-state index contributed by atoms with van der Waals surface area (Å²) in [7, 11) is 0. The Hall–Kier alpha value is -0.790. The van der Waals surface area contributed by atoms with Crippen LogP contribution < -0.4 is 5.32 Å². The van der Waals surface area contributed by atoms with Crippen LogP contribution in [0.15, 0.2) is 22.0 Å². The third kappa shape index (κ3) is 6.26. The SMILES string of the molecule is CSCCC(NC(=O)/C=C/c1ccc(Br)s1)C(=O)O. The predicted molar refractivity (Wildman–Crippen MR) is 83.6 cm³/mol. The van der Waals surface area contributed by atoms with Crippen molar-refractivity contribution in [2.24, 2.45) is 0 Å². The molecule has 0 bridgehead atoms. The molecule has 0 spiro atoms. The fourth-order valence-corrected chi connectivity index (χ4v) is 3.09. The van der Waals surface area contributed by atoms with Gasteiger partial charge in [0.2, 0.25) is 5.91 Å². The molecule has 1 unspecified atom stereocenters. The second-order valence-electron chi connectivity index (χ2n) is 3.66. The first-order chi connectivity index (χ1) is 9.02. The Labute approximate surface area is 128 Å². The van der Waals surface area contributed by atoms with Crippen molar-refractivity contribution >= 4 is 57.0 Å². The average molecular weight is 364 g/mol. The van der Waals surface area contributed by atoms with Crippen molar-refractivity contribution in [1.82, 2.24) is 5.32 Å². The number of rotatable bonds is 7. The van der Waals surface area contributed by atoms with Crippen molar-refractivity contribution in [3.8, 4) is 0 Å². The maximum atomic E-state index is 11.6. The highest BCUT2D eigenvalue weighted by Gasteiger charge is 2.17. The van der Waals surface area contributed by atoms with Gasteiger partial charge in [0, 0.05) is 11.0 Å². The molecule has 1 amide bonds. The molecule has 1 atom stereocenters. The van der Waals surface area contributed by atoms with Crippen molar-refractivity contribution < 1.29 is 14.7 Å². The number of carboxylic acid groups (broad SMARTS) is 1. The highest BCUT2D eigenvalue weighted by atomic mass is 79.9. The van der Waals surface area contributed by atoms with Crippen molar-refractivity contribution in [2.75, 3.05) is 12.0 Å². The third-order valence-corrected chi connectivity index (χ3v) is 4.45. The molecular weight excluding hydrogens is 350 g/mol. The summed E-state index contributed by atoms with van der Waals surface area (Å²) in [6.07, 6.45) is 5.33. The highest BCUT2D eigenvalue weighted by Crippen LogP contribution is 2.22. The monoisotopic (exact) mass is 363 g/mol. The Kier molecular flexibility index (Phi) is 7.19. The van der Waals surface area contributed by atoms with Crippen LogP contribution in [-0.2, 0) is 9.59 Å². The zero-order valence-electron chi connectivity index (χ0n) is 10.3. The predicted octanol–water partition coefficient (Wildman–Crippen LogP) is 2.85. The van der Waals surface area contributed by atoms with Crippen LogP contribution in [0.25, 0.3) is 6.08 Å². The molecule has 1 rings (SSSR count). The molecule has 1 aromatic rings. The number of carboxylic acids is 1. The first-order valence-corrected chi connectivity index (χ1v) is 8.49. The molecule has 0 aliphatic heterocycles. The number of amides is 1. The number of carbonyl (C=O) groups excluding carboxylic acids is 1. The number of hydrogen-bond acceptors (Lipinski definition) is 4. The summed E-state index contributed by atoms with van der Waals surface area (Å²) in [5.41, 5.74) is 0. The molecule has 7 heteroatoms. The van der Waals surface area contributed by atoms with Gasteiger partial charge < -0.3 is 10.4 Å². The molecular formula is C12H14BrNO3S2. The van der Waals surface area contributed by atoms with Gasteiger partial charge in [0.25, 0.3) is 0 Å². The largest absolute Gasteiger partial charge is 0.480 e. The number of aliphatic carboxylic acids is 1. The number of thioether (sulfide) groups is 1. The molecule has 0 radical (unpaired) electrons. The van der Waals surface area contributed by atoms with E-state index in [1.807, 2.05) is 18.4 Å². The topological polar surface area (TPSA) is 66.4 Å². The number of nitrogens with one attached hydrogen (secondary N) is 1. The molecule has 0 saturated carbocycles. The smallest absolute Gasteiger partial charge is 0.326 e. The van der Waals surface area contributed by atoms with Gasteiger partial charge >= 0.3 is 5.97 Å². The van der Waals surface area contributed by atoms with Crippen LogP contribution in [0, 0.1) is 0 Å². The van der Waals surface area contributed by atoms with Crippen molar-refractivity contribution in [3.63, 3.8) is 0 Å². The Morgan fingerprint density at radius 2 is 2.32 bits per heavy atom. The van der Waals surface area contributed by atoms with Crippen LogP contribution in [0.5, 0.6) is 0 Å². The van der Waals surface area contributed by atoms with Gasteiger partial charge in [-0.05, 0) is 52.6 Å². The summed E-state index contributed by atoms with van der Waals surface area (Å²) in [5, 5.41) is 11.5. The minimum Gasteiger partial charge on any atom is -0.480 e. The lowest BCUT2D eigenvalue weighted by Crippen LogP contribution is -2.40. The molecule has 1 heterocycles. The molecule has 104 valence electrons. The second-order valence-corrected chi connectivity index (χ2v) is 7.14. The van der Waals surface area contributed by atoms with Crippen LogP contribution in [0.3, 0.4) is 0 Å². The molecule has 0 aliphatic rings. The Morgan fingerprint density at radius 3 is 2.84 bits per heavy atom. The van der Waals surface area contributed by atoms with Gasteiger partial charge in [0.15, 0.2) is 0 Å². The van der Waals surface area contributed by atoms with E-state index >= 15 is 0 Å². The van der Waals surface area contributed by atoms with E-state index < -0.39 is 17.9 Å². The summed E-state index contributed by atoms with van der Waals surface area (Å²) < 4.78 is 0.982. The molecule has 1 aromatic heterocycles. The normalized spacial score (nSPS) is 12.5. The third-order valence-electron chi connectivity index (χ3n) is 2.22. The van der Waals surface area contributed by atoms with E-state index in [1.165, 1.54) is 17.4 Å². The van der Waals surface area contributed by atoms with Crippen LogP contribution in [0.4, 0.5) is 0 Å². The maximum Gasteiger partial charge on any atom is 0.326 e. The number of carbonyl (C=O) groups is 2. The summed E-state index contributed by atoms with van der Waals surface area (Å²) >= 11 is 6.38. The van der Waals surface area contributed by atoms with Crippen molar-refractivity contribution in [3.05, 3.63) is 26.9 Å². The van der Waals surface area contributed by atoms with E-state index in [-0.39, 0.29) is 0 Å². The minimum absolute atomic E-state index is 0.391. The first-order valence-electron chi connectivity index (χ1n) is 5.48. The quantitative estimate of drug-likeness (QED) is 0.731. The maximum absolute atomic E-state index is 11.6. The van der Waals surface area contributed by atoms with E-state index in [9.17, 15) is 9.59 Å². The highest BCUT2D eigenvalue weighted by molar-refractivity contribution is 9.11. The van der Waals surface area contributed by atoms with Gasteiger partial charge in [-0.25, -0.2) is 4.79 Å². The number of hydrogen-bond donors (Lipinski definition) is 2. The van der Waals surface area contributed by atoms with Gasteiger partial charge in [0.1, 0.15) is 6.04 Å². The Bertz CT molecular complexity index is 473. The lowest BCUT2D eigenvalue weighted by Gasteiger charge is -2.12. The van der Waals surface area contributed by atoms with Crippen LogP contribution >= 0.6 is 39.0 Å². The second kappa shape index (κ2) is 8.39. The molecule has 0 aliphatic carbocycles. The molecule has 0 saturated heterocycles. The fraction of sp³-hybridized carbons (Fsp3) is 0.333. The zero-order chi connectivity index (χ0) is 14.3. The van der Waals surface area contributed by atoms with E-state index in [4.69, 9.17) is 5.11 Å². The summed E-state index contributed by atoms with van der Waals surface area (Å²) in [5.74, 6) is -0.702. The van der Waals surface area contributed by atoms with E-state index in [0.717, 1.165) is 8.66 Å². The average Bonchev–Trinajstić information content (AvgIpc) is 2.77. The lowest BCUT2D eigenvalue weighted by molar-refractivity contribution is -0.141. The van der Waals surface area contributed by atoms with E-state index in [1.54, 1.807) is 17.8 Å². The standard InChI is InChI=1S/C12H14BrNO3S2/c1-18-7-6-9(12(16)17)14-11(15)5-3-8-2-4-10(13)19-8/h2-5,9H,6-7H2,1H3,(H,14,15)(H,16,17)/b5-3+. The van der Waals surface area contributed by atoms with Crippen LogP contribution in [-0.4, -0.2) is 35.0 Å². The van der Waals surface area contributed by atoms with Crippen molar-refractivity contribution in [2.45, 2.75) is 12.5 Å².